The number of aromatic nitrogens is 2. The van der Waals surface area contributed by atoms with Crippen LogP contribution in [0.2, 0.25) is 0 Å². The minimum atomic E-state index is -0.233. The van der Waals surface area contributed by atoms with E-state index < -0.39 is 0 Å². The van der Waals surface area contributed by atoms with Gasteiger partial charge in [-0.15, -0.1) is 12.4 Å². The number of nitrogens with zero attached hydrogens (tertiary/aromatic N) is 2. The normalized spacial score (nSPS) is 8.45. The Morgan fingerprint density at radius 2 is 0.850 bits per heavy atom. The maximum atomic E-state index is 11.2. The summed E-state index contributed by atoms with van der Waals surface area (Å²) in [5, 5.41) is 13.8. The van der Waals surface area contributed by atoms with E-state index in [0.29, 0.717) is 22.9 Å². The Kier molecular flexibility index (Phi) is 21.5. The summed E-state index contributed by atoms with van der Waals surface area (Å²) in [6.45, 7) is 2.72. The molecule has 0 saturated heterocycles. The fourth-order valence-electron chi connectivity index (χ4n) is 2.47. The fraction of sp³-hybridized carbons (Fsp3) is 0.0667. The van der Waals surface area contributed by atoms with Crippen LogP contribution in [-0.4, -0.2) is 43.3 Å². The van der Waals surface area contributed by atoms with Crippen LogP contribution in [0, 0.1) is 12.8 Å². The van der Waals surface area contributed by atoms with Gasteiger partial charge in [-0.3, -0.25) is 9.59 Å². The van der Waals surface area contributed by atoms with Crippen LogP contribution in [0.4, 0.5) is 0 Å². The Morgan fingerprint density at radius 3 is 1.05 bits per heavy atom. The van der Waals surface area contributed by atoms with Crippen molar-refractivity contribution in [1.29, 1.82) is 0 Å². The van der Waals surface area contributed by atoms with Crippen LogP contribution < -0.4 is 0 Å². The Hall–Kier alpha value is -4.24. The topological polar surface area (TPSA) is 140 Å². The smallest absolute Gasteiger partial charge is 0.579 e. The van der Waals surface area contributed by atoms with Crippen molar-refractivity contribution in [2.75, 3.05) is 0 Å². The third-order valence-corrected chi connectivity index (χ3v) is 4.12. The Bertz CT molecular complexity index is 1160. The average Bonchev–Trinajstić information content (AvgIpc) is 2.91. The second kappa shape index (κ2) is 22.7. The number of pyridine rings is 2. The number of ketones is 4. The van der Waals surface area contributed by atoms with E-state index in [1.807, 2.05) is 12.1 Å². The van der Waals surface area contributed by atoms with E-state index in [-0.39, 0.29) is 57.3 Å². The zero-order chi connectivity index (χ0) is 28.2. The molecule has 0 amide bonds. The first-order valence-electron chi connectivity index (χ1n) is 11.3. The fourth-order valence-corrected chi connectivity index (χ4v) is 2.47. The maximum Gasteiger partial charge on any atom is 4.00 e. The molecule has 0 unspecified atom stereocenters. The average molecular weight is 599 g/mol. The summed E-state index contributed by atoms with van der Waals surface area (Å²) in [4.78, 5) is 50.8. The molecule has 0 aliphatic heterocycles. The summed E-state index contributed by atoms with van der Waals surface area (Å²) < 4.78 is 0. The number of carbonyl (C=O) groups is 4. The Labute approximate surface area is 254 Å². The first-order chi connectivity index (χ1) is 18.2. The molecule has 0 radical (unpaired) electrons. The van der Waals surface area contributed by atoms with E-state index >= 15 is 0 Å². The summed E-state index contributed by atoms with van der Waals surface area (Å²) in [7, 11) is 0. The van der Waals surface area contributed by atoms with Gasteiger partial charge in [0.25, 0.3) is 0 Å². The third kappa shape index (κ3) is 18.9. The summed E-state index contributed by atoms with van der Waals surface area (Å²) in [5.74, 6) is -0.260. The molecule has 0 bridgehead atoms. The molecule has 4 N–H and O–H groups in total. The van der Waals surface area contributed by atoms with Crippen LogP contribution in [0.25, 0.3) is 0 Å². The minimum Gasteiger partial charge on any atom is -0.579 e. The molecule has 40 heavy (non-hydrogen) atoms. The van der Waals surface area contributed by atoms with Gasteiger partial charge in [-0.05, 0) is 48.5 Å². The van der Waals surface area contributed by atoms with Gasteiger partial charge in [-0.2, -0.15) is 9.97 Å². The number of hydrogen-bond acceptors (Lipinski definition) is 6. The monoisotopic (exact) mass is 598 g/mol. The number of carbonyl (C=O) groups excluding carboxylic acids is 4. The SMILES string of the molecule is CC(=O)[CH+]C(=O)c1ccccc1.CC(=O)[CH+]C(=O)c1ccccc1.Cl.[OH2+]c1ccccn1.[OH2+]c1ccccn1.[Ti+4]. The van der Waals surface area contributed by atoms with E-state index in [2.05, 4.69) is 9.97 Å². The third-order valence-electron chi connectivity index (χ3n) is 4.12. The second-order valence-corrected chi connectivity index (χ2v) is 7.40. The zero-order valence-electron chi connectivity index (χ0n) is 22.0. The standard InChI is InChI=1S/2C10H9O2.2C5H5NO.ClH.Ti/c2*1-8(11)7-10(12)9-5-3-2-4-6-9;2*7-5-3-1-2-4-6-5;;/h2*2-7H,1H3;2*1-4H,(H,6,7);1H;/q2*+1;;;;+4/p+2. The van der Waals surface area contributed by atoms with Crippen molar-refractivity contribution in [2.24, 2.45) is 0 Å². The van der Waals surface area contributed by atoms with Crippen molar-refractivity contribution in [3.63, 3.8) is 0 Å². The van der Waals surface area contributed by atoms with E-state index in [9.17, 15) is 19.2 Å². The van der Waals surface area contributed by atoms with Crippen LogP contribution in [0.3, 0.4) is 0 Å². The predicted molar refractivity (Wildman–Crippen MR) is 153 cm³/mol. The van der Waals surface area contributed by atoms with Crippen LogP contribution in [0.15, 0.2) is 109 Å². The molecule has 0 aliphatic rings. The van der Waals surface area contributed by atoms with Crippen molar-refractivity contribution < 1.29 is 51.1 Å². The molecule has 0 aliphatic carbocycles. The number of Topliss-reactive ketones (excluding diaryl/α,β-unsaturated/α-hetero) is 4. The molecule has 0 spiro atoms. The molecule has 4 rings (SSSR count). The largest absolute Gasteiger partial charge is 4.00 e. The summed E-state index contributed by atoms with van der Waals surface area (Å²) in [6, 6.07) is 27.9. The second-order valence-electron chi connectivity index (χ2n) is 7.40. The Morgan fingerprint density at radius 1 is 0.550 bits per heavy atom. The van der Waals surface area contributed by atoms with Crippen LogP contribution >= 0.6 is 12.4 Å². The van der Waals surface area contributed by atoms with Gasteiger partial charge in [0.05, 0.1) is 12.1 Å². The van der Waals surface area contributed by atoms with Gasteiger partial charge in [-0.1, -0.05) is 12.1 Å². The molecule has 2 aromatic carbocycles. The number of benzene rings is 2. The van der Waals surface area contributed by atoms with Gasteiger partial charge in [0.15, 0.2) is 24.0 Å². The Balaban J connectivity index is 0. The zero-order valence-corrected chi connectivity index (χ0v) is 24.4. The summed E-state index contributed by atoms with van der Waals surface area (Å²) in [5.41, 5.74) is 1.10. The first kappa shape index (κ1) is 37.9. The van der Waals surface area contributed by atoms with Crippen molar-refractivity contribution >= 4 is 35.5 Å². The van der Waals surface area contributed by atoms with Gasteiger partial charge in [0, 0.05) is 50.5 Å². The minimum absolute atomic E-state index is 0. The number of hydrogen-bond donors (Lipinski definition) is 0. The van der Waals surface area contributed by atoms with Crippen molar-refractivity contribution in [2.45, 2.75) is 13.8 Å². The van der Waals surface area contributed by atoms with E-state index in [1.54, 1.807) is 97.3 Å². The number of rotatable bonds is 6. The molecule has 2 aromatic heterocycles. The van der Waals surface area contributed by atoms with Crippen molar-refractivity contribution in [3.05, 3.63) is 133 Å². The van der Waals surface area contributed by atoms with Gasteiger partial charge < -0.3 is 10.2 Å². The van der Waals surface area contributed by atoms with E-state index in [1.165, 1.54) is 13.8 Å². The molecule has 4 aromatic rings. The van der Waals surface area contributed by atoms with Gasteiger partial charge in [0.2, 0.25) is 11.6 Å². The predicted octanol–water partition coefficient (Wildman–Crippen LogP) is 4.78. The molecular weight excluding hydrogens is 568 g/mol. The first-order valence-corrected chi connectivity index (χ1v) is 11.3. The molecule has 10 heteroatoms. The van der Waals surface area contributed by atoms with Gasteiger partial charge in [0.1, 0.15) is 0 Å². The maximum absolute atomic E-state index is 11.2. The molecule has 200 valence electrons. The van der Waals surface area contributed by atoms with Gasteiger partial charge in [-0.25, -0.2) is 9.59 Å². The summed E-state index contributed by atoms with van der Waals surface area (Å²) >= 11 is 0. The van der Waals surface area contributed by atoms with E-state index in [0.717, 1.165) is 12.8 Å². The van der Waals surface area contributed by atoms with Crippen molar-refractivity contribution in [1.82, 2.24) is 9.97 Å². The molecular formula is C30H31ClN2O6Ti+8. The van der Waals surface area contributed by atoms with Crippen molar-refractivity contribution in [3.8, 4) is 11.8 Å². The number of halogens is 1. The summed E-state index contributed by atoms with van der Waals surface area (Å²) in [6.07, 6.45) is 5.38. The van der Waals surface area contributed by atoms with Crippen LogP contribution in [-0.2, 0) is 31.3 Å². The van der Waals surface area contributed by atoms with Crippen LogP contribution in [0.5, 0.6) is 11.8 Å². The molecule has 0 atom stereocenters. The van der Waals surface area contributed by atoms with Gasteiger partial charge >= 0.3 is 45.0 Å². The molecule has 2 heterocycles. The van der Waals surface area contributed by atoms with Crippen LogP contribution in [0.1, 0.15) is 34.6 Å². The van der Waals surface area contributed by atoms with E-state index in [4.69, 9.17) is 10.2 Å². The quantitative estimate of drug-likeness (QED) is 0.103. The molecule has 0 fully saturated rings. The molecule has 8 nitrogen and oxygen atoms in total. The molecule has 0 saturated carbocycles.